The van der Waals surface area contributed by atoms with Crippen LogP contribution in [-0.4, -0.2) is 53.6 Å². The van der Waals surface area contributed by atoms with Crippen LogP contribution in [0.3, 0.4) is 0 Å². The Kier molecular flexibility index (Phi) is 8.92. The molecule has 0 atom stereocenters. The molecule has 1 aliphatic rings. The van der Waals surface area contributed by atoms with Crippen LogP contribution in [0.2, 0.25) is 5.02 Å². The van der Waals surface area contributed by atoms with E-state index in [2.05, 4.69) is 4.79 Å². The van der Waals surface area contributed by atoms with Gasteiger partial charge in [-0.2, -0.15) is 4.79 Å². The van der Waals surface area contributed by atoms with Gasteiger partial charge in [-0.15, -0.1) is 0 Å². The first-order chi connectivity index (χ1) is 14.3. The number of halogens is 2. The smallest absolute Gasteiger partial charge is 0.318 e. The molecule has 8 nitrogen and oxygen atoms in total. The zero-order valence-corrected chi connectivity index (χ0v) is 18.1. The van der Waals surface area contributed by atoms with Crippen LogP contribution in [0.5, 0.6) is 5.75 Å². The lowest BCUT2D eigenvalue weighted by molar-refractivity contribution is -0.141. The van der Waals surface area contributed by atoms with E-state index in [4.69, 9.17) is 37.4 Å². The Balaban J connectivity index is 2.35. The van der Waals surface area contributed by atoms with Crippen LogP contribution in [0.4, 0.5) is 0 Å². The van der Waals surface area contributed by atoms with Crippen LogP contribution in [0.25, 0.3) is 5.53 Å². The van der Waals surface area contributed by atoms with Gasteiger partial charge in [-0.25, -0.2) is 0 Å². The van der Waals surface area contributed by atoms with Crippen molar-refractivity contribution in [1.29, 1.82) is 0 Å². The van der Waals surface area contributed by atoms with E-state index in [1.165, 1.54) is 13.8 Å². The zero-order valence-electron chi connectivity index (χ0n) is 16.6. The fourth-order valence-electron chi connectivity index (χ4n) is 2.65. The third-order valence-electron chi connectivity index (χ3n) is 4.00. The Labute approximate surface area is 184 Å². The van der Waals surface area contributed by atoms with Gasteiger partial charge >= 0.3 is 17.7 Å². The van der Waals surface area contributed by atoms with Gasteiger partial charge in [0.05, 0.1) is 18.8 Å². The maximum absolute atomic E-state index is 11.1. The molecule has 0 saturated carbocycles. The van der Waals surface area contributed by atoms with E-state index in [0.29, 0.717) is 35.3 Å². The monoisotopic (exact) mass is 453 g/mol. The number of rotatable bonds is 9. The standard InChI is InChI=1S/C20H21Cl2N3O5/c1-13(26)28-9-7-25(8-10-29-14(2)27)19-11-17(22)18(24-23)12-20(19)30-16-5-3-15(21)4-6-16/h3-6,11H,7-10,12H2,1-2H3. The van der Waals surface area contributed by atoms with Crippen LogP contribution >= 0.6 is 23.2 Å². The minimum absolute atomic E-state index is 0.111. The molecule has 1 aromatic carbocycles. The summed E-state index contributed by atoms with van der Waals surface area (Å²) >= 11 is 12.2. The average molecular weight is 454 g/mol. The minimum atomic E-state index is -0.409. The molecule has 0 radical (unpaired) electrons. The predicted molar refractivity (Wildman–Crippen MR) is 111 cm³/mol. The zero-order chi connectivity index (χ0) is 22.1. The second kappa shape index (κ2) is 11.4. The van der Waals surface area contributed by atoms with E-state index in [9.17, 15) is 15.1 Å². The number of benzene rings is 1. The highest BCUT2D eigenvalue weighted by molar-refractivity contribution is 6.43. The molecule has 1 aromatic rings. The summed E-state index contributed by atoms with van der Waals surface area (Å²) in [5.41, 5.74) is 10.1. The molecule has 0 amide bonds. The Morgan fingerprint density at radius 1 is 1.07 bits per heavy atom. The Morgan fingerprint density at radius 2 is 1.63 bits per heavy atom. The van der Waals surface area contributed by atoms with Gasteiger partial charge in [0.2, 0.25) is 0 Å². The summed E-state index contributed by atoms with van der Waals surface area (Å²) in [7, 11) is 0. The number of hydrogen-bond donors (Lipinski definition) is 0. The maximum Gasteiger partial charge on any atom is 0.318 e. The van der Waals surface area contributed by atoms with E-state index in [1.807, 2.05) is 4.90 Å². The van der Waals surface area contributed by atoms with Crippen molar-refractivity contribution >= 4 is 40.9 Å². The fourth-order valence-corrected chi connectivity index (χ4v) is 2.98. The number of hydrogen-bond acceptors (Lipinski definition) is 6. The molecule has 2 rings (SSSR count). The van der Waals surface area contributed by atoms with E-state index < -0.39 is 11.9 Å². The predicted octanol–water partition coefficient (Wildman–Crippen LogP) is 3.56. The van der Waals surface area contributed by atoms with Crippen molar-refractivity contribution in [2.75, 3.05) is 26.3 Å². The second-order valence-corrected chi connectivity index (χ2v) is 7.09. The van der Waals surface area contributed by atoms with E-state index >= 15 is 0 Å². The number of carbonyl (C=O) groups excluding carboxylic acids is 2. The highest BCUT2D eigenvalue weighted by Gasteiger charge is 2.29. The topological polar surface area (TPSA) is 101 Å². The molecule has 30 heavy (non-hydrogen) atoms. The molecule has 0 heterocycles. The van der Waals surface area contributed by atoms with Gasteiger partial charge in [-0.05, 0) is 30.3 Å². The van der Waals surface area contributed by atoms with Crippen molar-refractivity contribution in [3.05, 3.63) is 57.4 Å². The highest BCUT2D eigenvalue weighted by atomic mass is 35.5. The van der Waals surface area contributed by atoms with Crippen molar-refractivity contribution in [2.24, 2.45) is 0 Å². The van der Waals surface area contributed by atoms with E-state index in [1.54, 1.807) is 30.3 Å². The minimum Gasteiger partial charge on any atom is -0.464 e. The van der Waals surface area contributed by atoms with Crippen LogP contribution in [-0.2, 0) is 19.1 Å². The molecule has 1 aliphatic carbocycles. The normalized spacial score (nSPS) is 13.3. The summed E-state index contributed by atoms with van der Waals surface area (Å²) in [6.07, 6.45) is 1.72. The number of allylic oxidation sites excluding steroid dienone is 3. The molecule has 0 unspecified atom stereocenters. The molecule has 0 saturated heterocycles. The third kappa shape index (κ3) is 7.22. The summed E-state index contributed by atoms with van der Waals surface area (Å²) in [4.78, 5) is 27.3. The SMILES string of the molecule is CC(=O)OCCN(CCOC(C)=O)C1=C(Oc2ccc(Cl)cc2)CC(=[N+]=[N-])C(Cl)=C1. The van der Waals surface area contributed by atoms with Gasteiger partial charge in [0.15, 0.2) is 0 Å². The largest absolute Gasteiger partial charge is 0.464 e. The molecule has 0 N–H and O–H groups in total. The third-order valence-corrected chi connectivity index (χ3v) is 4.58. The van der Waals surface area contributed by atoms with Gasteiger partial charge in [0, 0.05) is 18.9 Å². The van der Waals surface area contributed by atoms with Crippen molar-refractivity contribution in [2.45, 2.75) is 20.3 Å². The lowest BCUT2D eigenvalue weighted by Crippen LogP contribution is -2.34. The Bertz CT molecular complexity index is 886. The Hall–Kier alpha value is -2.80. The maximum atomic E-state index is 11.1. The first-order valence-corrected chi connectivity index (χ1v) is 9.82. The summed E-state index contributed by atoms with van der Waals surface area (Å²) in [6.45, 7) is 3.46. The first kappa shape index (κ1) is 23.5. The van der Waals surface area contributed by atoms with Gasteiger partial charge in [-0.3, -0.25) is 9.59 Å². The van der Waals surface area contributed by atoms with Gasteiger partial charge < -0.3 is 24.6 Å². The molecule has 10 heteroatoms. The number of esters is 2. The Morgan fingerprint density at radius 3 is 2.13 bits per heavy atom. The van der Waals surface area contributed by atoms with Crippen LogP contribution in [0.15, 0.2) is 46.8 Å². The second-order valence-electron chi connectivity index (χ2n) is 6.25. The van der Waals surface area contributed by atoms with E-state index in [-0.39, 0.29) is 30.4 Å². The number of nitrogens with zero attached hydrogens (tertiary/aromatic N) is 3. The van der Waals surface area contributed by atoms with Crippen LogP contribution < -0.4 is 4.74 Å². The highest BCUT2D eigenvalue weighted by Crippen LogP contribution is 2.29. The van der Waals surface area contributed by atoms with Crippen molar-refractivity contribution in [3.8, 4) is 5.75 Å². The number of carbonyl (C=O) groups is 2. The molecule has 0 bridgehead atoms. The molecular weight excluding hydrogens is 433 g/mol. The average Bonchev–Trinajstić information content (AvgIpc) is 2.69. The lowest BCUT2D eigenvalue weighted by Gasteiger charge is -2.29. The van der Waals surface area contributed by atoms with E-state index in [0.717, 1.165) is 0 Å². The van der Waals surface area contributed by atoms with Gasteiger partial charge in [-0.1, -0.05) is 23.2 Å². The van der Waals surface area contributed by atoms with Gasteiger partial charge in [0.25, 0.3) is 0 Å². The summed E-state index contributed by atoms with van der Waals surface area (Å²) in [5, 5.41) is 0.797. The summed E-state index contributed by atoms with van der Waals surface area (Å²) in [6, 6.07) is 6.77. The quantitative estimate of drug-likeness (QED) is 0.321. The fraction of sp³-hybridized carbons (Fsp3) is 0.350. The molecule has 160 valence electrons. The van der Waals surface area contributed by atoms with Gasteiger partial charge in [0.1, 0.15) is 36.2 Å². The van der Waals surface area contributed by atoms with Crippen LogP contribution in [0.1, 0.15) is 20.3 Å². The lowest BCUT2D eigenvalue weighted by atomic mass is 10.1. The number of ether oxygens (including phenoxy) is 3. The summed E-state index contributed by atoms with van der Waals surface area (Å²) in [5.74, 6) is 0.164. The van der Waals surface area contributed by atoms with Crippen molar-refractivity contribution < 1.29 is 28.6 Å². The summed E-state index contributed by atoms with van der Waals surface area (Å²) < 4.78 is 16.1. The van der Waals surface area contributed by atoms with Crippen LogP contribution in [0, 0.1) is 0 Å². The molecule has 0 aliphatic heterocycles. The van der Waals surface area contributed by atoms with Crippen molar-refractivity contribution in [3.63, 3.8) is 0 Å². The molecular formula is C20H21Cl2N3O5. The van der Waals surface area contributed by atoms with Crippen molar-refractivity contribution in [1.82, 2.24) is 4.90 Å². The molecule has 0 fully saturated rings. The molecule has 0 spiro atoms. The molecule has 0 aromatic heterocycles. The first-order valence-electron chi connectivity index (χ1n) is 9.07.